The van der Waals surface area contributed by atoms with Gasteiger partial charge in [-0.25, -0.2) is 5.53 Å². The third-order valence-electron chi connectivity index (χ3n) is 0.286. The molecule has 0 aromatic heterocycles. The van der Waals surface area contributed by atoms with Crippen molar-refractivity contribution in [3.05, 3.63) is 0 Å². The smallest absolute Gasteiger partial charge is 0.209 e. The summed E-state index contributed by atoms with van der Waals surface area (Å²) in [6.45, 7) is 0. The van der Waals surface area contributed by atoms with E-state index < -0.39 is 0 Å². The van der Waals surface area contributed by atoms with Gasteiger partial charge < -0.3 is 0 Å². The standard InChI is InChI=1S/CH3N4/c1-2-4-5-3-1/h4-5H,(H,2,3). The Kier molecular flexibility index (Phi) is 0.443. The maximum atomic E-state index is 3.36. The van der Waals surface area contributed by atoms with Crippen LogP contribution in [0.2, 0.25) is 0 Å². The highest BCUT2D eigenvalue weighted by Crippen LogP contribution is 1.48. The van der Waals surface area contributed by atoms with Gasteiger partial charge in [0.05, 0.1) is 0 Å². The third-order valence-corrected chi connectivity index (χ3v) is 0.286. The first-order chi connectivity index (χ1) is 2.50. The molecule has 1 heterocycles. The molecule has 0 fully saturated rings. The Morgan fingerprint density at radius 3 is 2.80 bits per heavy atom. The Bertz CT molecular complexity index is 41.6. The summed E-state index contributed by atoms with van der Waals surface area (Å²) >= 11 is 0. The first-order valence-electron chi connectivity index (χ1n) is 1.20. The molecule has 0 amide bonds. The summed E-state index contributed by atoms with van der Waals surface area (Å²) in [6, 6.07) is 0. The lowest BCUT2D eigenvalue weighted by atomic mass is 11.4. The molecule has 0 atom stereocenters. The Morgan fingerprint density at radius 2 is 2.60 bits per heavy atom. The quantitative estimate of drug-likeness (QED) is 0.323. The summed E-state index contributed by atoms with van der Waals surface area (Å²) in [7, 11) is 0. The minimum Gasteiger partial charge on any atom is -0.282 e. The predicted octanol–water partition coefficient (Wildman–Crippen LogP) is -1.58. The van der Waals surface area contributed by atoms with Crippen LogP contribution < -0.4 is 16.5 Å². The van der Waals surface area contributed by atoms with Crippen LogP contribution in [0, 0.1) is 0 Å². The van der Waals surface area contributed by atoms with Crippen molar-refractivity contribution in [2.24, 2.45) is 5.10 Å². The SMILES string of the molecule is [C]1=NNNN1. The number of hydrogen-bond donors (Lipinski definition) is 3. The van der Waals surface area contributed by atoms with Crippen molar-refractivity contribution in [3.63, 3.8) is 0 Å². The molecule has 0 aromatic rings. The van der Waals surface area contributed by atoms with E-state index in [1.165, 1.54) is 0 Å². The summed E-state index contributed by atoms with van der Waals surface area (Å²) in [6.07, 6.45) is 2.38. The van der Waals surface area contributed by atoms with E-state index in [-0.39, 0.29) is 0 Å². The summed E-state index contributed by atoms with van der Waals surface area (Å²) < 4.78 is 0. The number of nitrogens with one attached hydrogen (secondary N) is 3. The van der Waals surface area contributed by atoms with E-state index in [0.717, 1.165) is 0 Å². The number of nitrogens with zero attached hydrogens (tertiary/aromatic N) is 1. The van der Waals surface area contributed by atoms with Crippen molar-refractivity contribution in [1.29, 1.82) is 0 Å². The lowest BCUT2D eigenvalue weighted by Crippen LogP contribution is -2.31. The lowest BCUT2D eigenvalue weighted by Gasteiger charge is -1.83. The fraction of sp³-hybridized carbons (Fsp3) is 0. The third kappa shape index (κ3) is 0.273. The van der Waals surface area contributed by atoms with Crippen LogP contribution in [0.3, 0.4) is 0 Å². The molecule has 27 valence electrons. The lowest BCUT2D eigenvalue weighted by molar-refractivity contribution is 0.578. The molecule has 0 unspecified atom stereocenters. The molecule has 1 radical (unpaired) electrons. The monoisotopic (exact) mass is 71.0 g/mol. The highest BCUT2D eigenvalue weighted by molar-refractivity contribution is 5.53. The second kappa shape index (κ2) is 0.898. The molecule has 0 spiro atoms. The molecule has 4 nitrogen and oxygen atoms in total. The van der Waals surface area contributed by atoms with Gasteiger partial charge in [0, 0.05) is 0 Å². The summed E-state index contributed by atoms with van der Waals surface area (Å²) in [4.78, 5) is 0. The van der Waals surface area contributed by atoms with Gasteiger partial charge in [-0.1, -0.05) is 0 Å². The van der Waals surface area contributed by atoms with Gasteiger partial charge in [0.1, 0.15) is 0 Å². The zero-order valence-corrected chi connectivity index (χ0v) is 2.45. The molecule has 0 bridgehead atoms. The molecule has 0 saturated carbocycles. The molecule has 0 saturated heterocycles. The van der Waals surface area contributed by atoms with Crippen LogP contribution in [0.25, 0.3) is 0 Å². The molecule has 3 N–H and O–H groups in total. The number of hydrazone groups is 1. The molecule has 1 rings (SSSR count). The Balaban J connectivity index is 2.32. The second-order valence-corrected chi connectivity index (χ2v) is 0.585. The molecule has 1 aliphatic heterocycles. The summed E-state index contributed by atoms with van der Waals surface area (Å²) in [5.41, 5.74) is 7.26. The molecule has 1 aliphatic rings. The van der Waals surface area contributed by atoms with E-state index >= 15 is 0 Å². The van der Waals surface area contributed by atoms with Gasteiger partial charge in [0.2, 0.25) is 6.34 Å². The van der Waals surface area contributed by atoms with Gasteiger partial charge in [-0.05, 0) is 0 Å². The van der Waals surface area contributed by atoms with Gasteiger partial charge in [-0.2, -0.15) is 0 Å². The zero-order valence-electron chi connectivity index (χ0n) is 2.45. The van der Waals surface area contributed by atoms with Crippen LogP contribution in [0.4, 0.5) is 0 Å². The van der Waals surface area contributed by atoms with E-state index in [4.69, 9.17) is 0 Å². The zero-order chi connectivity index (χ0) is 3.54. The average Bonchev–Trinajstić information content (AvgIpc) is 1.76. The number of hydrazine groups is 2. The van der Waals surface area contributed by atoms with Crippen LogP contribution >= 0.6 is 0 Å². The first kappa shape index (κ1) is 2.47. The normalized spacial score (nSPS) is 17.6. The van der Waals surface area contributed by atoms with E-state index in [9.17, 15) is 0 Å². The van der Waals surface area contributed by atoms with Crippen molar-refractivity contribution >= 4 is 6.34 Å². The minimum atomic E-state index is 2.38. The van der Waals surface area contributed by atoms with Crippen LogP contribution in [0.1, 0.15) is 0 Å². The molecular formula is CH3N4. The van der Waals surface area contributed by atoms with Gasteiger partial charge >= 0.3 is 0 Å². The van der Waals surface area contributed by atoms with E-state index in [0.29, 0.717) is 0 Å². The van der Waals surface area contributed by atoms with Gasteiger partial charge in [-0.3, -0.25) is 5.43 Å². The Morgan fingerprint density at radius 1 is 1.60 bits per heavy atom. The van der Waals surface area contributed by atoms with Crippen molar-refractivity contribution in [2.75, 3.05) is 0 Å². The van der Waals surface area contributed by atoms with Crippen molar-refractivity contribution in [1.82, 2.24) is 16.5 Å². The van der Waals surface area contributed by atoms with Gasteiger partial charge in [0.25, 0.3) is 0 Å². The van der Waals surface area contributed by atoms with Crippen LogP contribution in [-0.4, -0.2) is 6.34 Å². The average molecular weight is 71.1 g/mol. The van der Waals surface area contributed by atoms with E-state index in [1.807, 2.05) is 0 Å². The maximum Gasteiger partial charge on any atom is 0.209 e. The van der Waals surface area contributed by atoms with Crippen molar-refractivity contribution in [3.8, 4) is 0 Å². The highest BCUT2D eigenvalue weighted by atomic mass is 15.8. The number of hydrogen-bond acceptors (Lipinski definition) is 4. The topological polar surface area (TPSA) is 48.5 Å². The first-order valence-corrected chi connectivity index (χ1v) is 1.20. The highest BCUT2D eigenvalue weighted by Gasteiger charge is 1.78. The molecule has 5 heavy (non-hydrogen) atoms. The van der Waals surface area contributed by atoms with Gasteiger partial charge in [-0.15, -0.1) is 10.6 Å². The van der Waals surface area contributed by atoms with E-state index in [1.54, 1.807) is 0 Å². The van der Waals surface area contributed by atoms with E-state index in [2.05, 4.69) is 27.9 Å². The molecule has 4 heteroatoms. The Hall–Kier alpha value is -0.770. The van der Waals surface area contributed by atoms with Crippen molar-refractivity contribution in [2.45, 2.75) is 0 Å². The fourth-order valence-electron chi connectivity index (χ4n) is 0.140. The van der Waals surface area contributed by atoms with Crippen molar-refractivity contribution < 1.29 is 0 Å². The summed E-state index contributed by atoms with van der Waals surface area (Å²) in [5.74, 6) is 0. The Labute approximate surface area is 29.2 Å². The second-order valence-electron chi connectivity index (χ2n) is 0.585. The number of rotatable bonds is 0. The minimum absolute atomic E-state index is 2.38. The van der Waals surface area contributed by atoms with Gasteiger partial charge in [0.15, 0.2) is 0 Å². The summed E-state index contributed by atoms with van der Waals surface area (Å²) in [5, 5.41) is 3.36. The predicted molar refractivity (Wildman–Crippen MR) is 16.8 cm³/mol. The van der Waals surface area contributed by atoms with Crippen LogP contribution in [0.15, 0.2) is 5.10 Å². The van der Waals surface area contributed by atoms with Crippen LogP contribution in [-0.2, 0) is 0 Å². The molecule has 0 aromatic carbocycles. The van der Waals surface area contributed by atoms with Crippen LogP contribution in [0.5, 0.6) is 0 Å². The largest absolute Gasteiger partial charge is 0.282 e. The molecular weight excluding hydrogens is 68.0 g/mol. The fourth-order valence-corrected chi connectivity index (χ4v) is 0.140. The molecule has 0 aliphatic carbocycles. The maximum absolute atomic E-state index is 3.36.